The molecule has 0 unspecified atom stereocenters. The average Bonchev–Trinajstić information content (AvgIpc) is 2.60. The number of para-hydroxylation sites is 2. The minimum atomic E-state index is -3.60. The molecule has 2 aromatic carbocycles. The van der Waals surface area contributed by atoms with Crippen LogP contribution < -0.4 is 9.05 Å². The SMILES string of the molecule is C#CCOC(=O)CCP(=O)(Oc1ccccc1)Oc1ccccc1. The summed E-state index contributed by atoms with van der Waals surface area (Å²) in [5, 5.41) is 0. The van der Waals surface area contributed by atoms with Gasteiger partial charge in [-0.2, -0.15) is 0 Å². The lowest BCUT2D eigenvalue weighted by molar-refractivity contribution is -0.141. The monoisotopic (exact) mass is 344 g/mol. The van der Waals surface area contributed by atoms with E-state index in [-0.39, 0.29) is 19.2 Å². The Kier molecular flexibility index (Phi) is 6.48. The first-order valence-corrected chi connectivity index (χ1v) is 9.01. The fraction of sp³-hybridized carbons (Fsp3) is 0.167. The number of hydrogen-bond acceptors (Lipinski definition) is 5. The van der Waals surface area contributed by atoms with Crippen molar-refractivity contribution in [1.82, 2.24) is 0 Å². The number of carbonyl (C=O) groups is 1. The van der Waals surface area contributed by atoms with E-state index in [0.717, 1.165) is 0 Å². The second-order valence-corrected chi connectivity index (χ2v) is 6.79. The largest absolute Gasteiger partial charge is 0.452 e. The number of benzene rings is 2. The summed E-state index contributed by atoms with van der Waals surface area (Å²) in [4.78, 5) is 11.6. The van der Waals surface area contributed by atoms with Gasteiger partial charge in [0.2, 0.25) is 0 Å². The van der Waals surface area contributed by atoms with Crippen molar-refractivity contribution in [3.63, 3.8) is 0 Å². The Labute approximate surface area is 141 Å². The Hall–Kier alpha value is -2.70. The molecule has 0 atom stereocenters. The van der Waals surface area contributed by atoms with E-state index in [1.807, 2.05) is 12.1 Å². The quantitative estimate of drug-likeness (QED) is 0.413. The predicted molar refractivity (Wildman–Crippen MR) is 91.0 cm³/mol. The van der Waals surface area contributed by atoms with Gasteiger partial charge in [-0.25, -0.2) is 4.57 Å². The molecule has 0 radical (unpaired) electrons. The van der Waals surface area contributed by atoms with E-state index in [1.165, 1.54) is 0 Å². The summed E-state index contributed by atoms with van der Waals surface area (Å²) in [7, 11) is -3.60. The predicted octanol–water partition coefficient (Wildman–Crippen LogP) is 3.90. The number of hydrogen-bond donors (Lipinski definition) is 0. The zero-order valence-corrected chi connectivity index (χ0v) is 13.9. The van der Waals surface area contributed by atoms with Gasteiger partial charge in [0, 0.05) is 0 Å². The van der Waals surface area contributed by atoms with Crippen LogP contribution in [0.3, 0.4) is 0 Å². The molecule has 0 saturated heterocycles. The summed E-state index contributed by atoms with van der Waals surface area (Å²) < 4.78 is 28.9. The third kappa shape index (κ3) is 5.83. The summed E-state index contributed by atoms with van der Waals surface area (Å²) in [6.45, 7) is -0.123. The Morgan fingerprint density at radius 3 is 1.92 bits per heavy atom. The zero-order valence-electron chi connectivity index (χ0n) is 13.0. The first-order valence-electron chi connectivity index (χ1n) is 7.29. The number of carbonyl (C=O) groups excluding carboxylic acids is 1. The van der Waals surface area contributed by atoms with Gasteiger partial charge in [-0.15, -0.1) is 6.42 Å². The zero-order chi connectivity index (χ0) is 17.3. The van der Waals surface area contributed by atoms with Crippen molar-refractivity contribution in [3.8, 4) is 23.8 Å². The van der Waals surface area contributed by atoms with Crippen molar-refractivity contribution < 1.29 is 23.1 Å². The molecule has 0 aliphatic carbocycles. The Morgan fingerprint density at radius 2 is 1.46 bits per heavy atom. The average molecular weight is 344 g/mol. The molecule has 0 aliphatic rings. The van der Waals surface area contributed by atoms with Gasteiger partial charge in [-0.05, 0) is 24.3 Å². The maximum absolute atomic E-state index is 13.0. The van der Waals surface area contributed by atoms with E-state index in [2.05, 4.69) is 5.92 Å². The Bertz CT molecular complexity index is 692. The van der Waals surface area contributed by atoms with Gasteiger partial charge >= 0.3 is 13.6 Å². The molecule has 2 rings (SSSR count). The molecule has 124 valence electrons. The van der Waals surface area contributed by atoms with Crippen LogP contribution >= 0.6 is 7.60 Å². The van der Waals surface area contributed by atoms with Crippen LogP contribution in [0, 0.1) is 12.3 Å². The minimum Gasteiger partial charge on any atom is -0.452 e. The van der Waals surface area contributed by atoms with Crippen LogP contribution in [0.15, 0.2) is 60.7 Å². The smallest absolute Gasteiger partial charge is 0.431 e. The van der Waals surface area contributed by atoms with Crippen LogP contribution in [0.5, 0.6) is 11.5 Å². The van der Waals surface area contributed by atoms with E-state index in [9.17, 15) is 9.36 Å². The van der Waals surface area contributed by atoms with Gasteiger partial charge in [0.25, 0.3) is 0 Å². The highest BCUT2D eigenvalue weighted by Gasteiger charge is 2.29. The summed E-state index contributed by atoms with van der Waals surface area (Å²) >= 11 is 0. The molecular formula is C18H17O5P. The Morgan fingerprint density at radius 1 is 0.958 bits per heavy atom. The van der Waals surface area contributed by atoms with Crippen molar-refractivity contribution in [1.29, 1.82) is 0 Å². The molecule has 0 saturated carbocycles. The van der Waals surface area contributed by atoms with Gasteiger partial charge in [0.1, 0.15) is 11.5 Å². The van der Waals surface area contributed by atoms with Crippen LogP contribution in [0.4, 0.5) is 0 Å². The Balaban J connectivity index is 2.10. The first kappa shape index (κ1) is 17.7. The van der Waals surface area contributed by atoms with Crippen molar-refractivity contribution in [2.45, 2.75) is 6.42 Å². The standard InChI is InChI=1S/C18H17O5P/c1-2-14-21-18(19)13-15-24(20,22-16-9-5-3-6-10-16)23-17-11-7-4-8-12-17/h1,3-12H,13-15H2. The third-order valence-corrected chi connectivity index (χ3v) is 4.63. The highest BCUT2D eigenvalue weighted by molar-refractivity contribution is 7.54. The van der Waals surface area contributed by atoms with E-state index < -0.39 is 13.6 Å². The lowest BCUT2D eigenvalue weighted by Crippen LogP contribution is -2.11. The minimum absolute atomic E-state index is 0.123. The van der Waals surface area contributed by atoms with Crippen molar-refractivity contribution in [3.05, 3.63) is 60.7 Å². The van der Waals surface area contributed by atoms with Crippen LogP contribution in [0.25, 0.3) is 0 Å². The van der Waals surface area contributed by atoms with Gasteiger partial charge in [-0.3, -0.25) is 4.79 Å². The first-order chi connectivity index (χ1) is 11.6. The topological polar surface area (TPSA) is 61.8 Å². The summed E-state index contributed by atoms with van der Waals surface area (Å²) in [6, 6.07) is 17.3. The van der Waals surface area contributed by atoms with Crippen molar-refractivity contribution in [2.24, 2.45) is 0 Å². The molecule has 0 aromatic heterocycles. The van der Waals surface area contributed by atoms with Crippen LogP contribution in [-0.2, 0) is 14.1 Å². The van der Waals surface area contributed by atoms with Gasteiger partial charge in [-0.1, -0.05) is 42.3 Å². The van der Waals surface area contributed by atoms with Gasteiger partial charge < -0.3 is 13.8 Å². The molecular weight excluding hydrogens is 327 g/mol. The molecule has 24 heavy (non-hydrogen) atoms. The maximum atomic E-state index is 13.0. The van der Waals surface area contributed by atoms with E-state index >= 15 is 0 Å². The van der Waals surface area contributed by atoms with Crippen LogP contribution in [0.1, 0.15) is 6.42 Å². The lowest BCUT2D eigenvalue weighted by Gasteiger charge is -2.19. The molecule has 5 nitrogen and oxygen atoms in total. The van der Waals surface area contributed by atoms with E-state index in [4.69, 9.17) is 20.2 Å². The van der Waals surface area contributed by atoms with E-state index in [1.54, 1.807) is 48.5 Å². The lowest BCUT2D eigenvalue weighted by atomic mass is 10.3. The fourth-order valence-electron chi connectivity index (χ4n) is 1.82. The highest BCUT2D eigenvalue weighted by Crippen LogP contribution is 2.48. The molecule has 0 fully saturated rings. The van der Waals surface area contributed by atoms with Crippen LogP contribution in [-0.4, -0.2) is 18.7 Å². The van der Waals surface area contributed by atoms with E-state index in [0.29, 0.717) is 11.5 Å². The number of ether oxygens (including phenoxy) is 1. The molecule has 0 heterocycles. The molecule has 6 heteroatoms. The highest BCUT2D eigenvalue weighted by atomic mass is 31.2. The summed E-state index contributed by atoms with van der Waals surface area (Å²) in [5.41, 5.74) is 0. The van der Waals surface area contributed by atoms with Gasteiger partial charge in [0.05, 0.1) is 12.6 Å². The number of esters is 1. The van der Waals surface area contributed by atoms with Crippen molar-refractivity contribution in [2.75, 3.05) is 12.8 Å². The molecule has 0 aliphatic heterocycles. The van der Waals surface area contributed by atoms with Crippen molar-refractivity contribution >= 4 is 13.6 Å². The van der Waals surface area contributed by atoms with Crippen LogP contribution in [0.2, 0.25) is 0 Å². The molecule has 2 aromatic rings. The number of rotatable bonds is 8. The molecule has 0 bridgehead atoms. The number of terminal acetylenes is 1. The molecule has 0 amide bonds. The molecule has 0 spiro atoms. The third-order valence-electron chi connectivity index (χ3n) is 2.88. The maximum Gasteiger partial charge on any atom is 0.431 e. The summed E-state index contributed by atoms with van der Waals surface area (Å²) in [6.07, 6.45) is 4.78. The molecule has 0 N–H and O–H groups in total. The fourth-order valence-corrected chi connectivity index (χ4v) is 3.38. The van der Waals surface area contributed by atoms with Gasteiger partial charge in [0.15, 0.2) is 6.61 Å². The second kappa shape index (κ2) is 8.81. The normalized spacial score (nSPS) is 10.5. The summed E-state index contributed by atoms with van der Waals surface area (Å²) in [5.74, 6) is 2.44. The second-order valence-electron chi connectivity index (χ2n) is 4.76.